The van der Waals surface area contributed by atoms with E-state index in [1.54, 1.807) is 25.3 Å². The molecule has 3 N–H and O–H groups in total. The van der Waals surface area contributed by atoms with Crippen LogP contribution >= 0.6 is 15.9 Å². The number of nitrogens with two attached hydrogens (primary N) is 1. The Labute approximate surface area is 132 Å². The van der Waals surface area contributed by atoms with Gasteiger partial charge in [-0.3, -0.25) is 4.79 Å². The van der Waals surface area contributed by atoms with Gasteiger partial charge in [-0.25, -0.2) is 0 Å². The highest BCUT2D eigenvalue weighted by Gasteiger charge is 2.14. The first-order chi connectivity index (χ1) is 10.0. The Morgan fingerprint density at radius 3 is 2.76 bits per heavy atom. The molecule has 0 saturated heterocycles. The lowest BCUT2D eigenvalue weighted by atomic mass is 10.1. The van der Waals surface area contributed by atoms with Gasteiger partial charge in [-0.15, -0.1) is 0 Å². The van der Waals surface area contributed by atoms with E-state index in [2.05, 4.69) is 21.2 Å². The Hall–Kier alpha value is -2.01. The Bertz CT molecular complexity index is 658. The molecule has 0 fully saturated rings. The standard InChI is InChI=1S/C16H17BrN2O2/c1-10(11-4-3-5-13(8-11)21-2)19-16(20)14-9-12(17)6-7-15(14)18/h3-10H,18H2,1-2H3,(H,19,20). The van der Waals surface area contributed by atoms with Crippen molar-refractivity contribution in [1.29, 1.82) is 0 Å². The summed E-state index contributed by atoms with van der Waals surface area (Å²) in [7, 11) is 1.62. The zero-order valence-electron chi connectivity index (χ0n) is 11.9. The molecule has 2 aromatic rings. The summed E-state index contributed by atoms with van der Waals surface area (Å²) in [6.45, 7) is 1.92. The fourth-order valence-corrected chi connectivity index (χ4v) is 2.35. The normalized spacial score (nSPS) is 11.8. The maximum absolute atomic E-state index is 12.3. The van der Waals surface area contributed by atoms with Crippen LogP contribution in [0.25, 0.3) is 0 Å². The van der Waals surface area contributed by atoms with Crippen LogP contribution in [-0.4, -0.2) is 13.0 Å². The third-order valence-electron chi connectivity index (χ3n) is 3.20. The van der Waals surface area contributed by atoms with Gasteiger partial charge >= 0.3 is 0 Å². The van der Waals surface area contributed by atoms with E-state index in [1.807, 2.05) is 31.2 Å². The van der Waals surface area contributed by atoms with Gasteiger partial charge in [0.1, 0.15) is 5.75 Å². The lowest BCUT2D eigenvalue weighted by Gasteiger charge is -2.16. The van der Waals surface area contributed by atoms with Crippen LogP contribution in [0.4, 0.5) is 5.69 Å². The van der Waals surface area contributed by atoms with Crippen molar-refractivity contribution in [2.24, 2.45) is 0 Å². The van der Waals surface area contributed by atoms with Gasteiger partial charge in [0.15, 0.2) is 0 Å². The monoisotopic (exact) mass is 348 g/mol. The van der Waals surface area contributed by atoms with E-state index in [0.717, 1.165) is 15.8 Å². The van der Waals surface area contributed by atoms with Crippen molar-refractivity contribution >= 4 is 27.5 Å². The number of methoxy groups -OCH3 is 1. The molecule has 0 saturated carbocycles. The molecule has 0 spiro atoms. The minimum Gasteiger partial charge on any atom is -0.497 e. The number of nitrogen functional groups attached to an aromatic ring is 1. The summed E-state index contributed by atoms with van der Waals surface area (Å²) >= 11 is 3.34. The Morgan fingerprint density at radius 2 is 2.05 bits per heavy atom. The van der Waals surface area contributed by atoms with Crippen molar-refractivity contribution < 1.29 is 9.53 Å². The Balaban J connectivity index is 2.16. The minimum absolute atomic E-state index is 0.147. The van der Waals surface area contributed by atoms with Crippen LogP contribution in [0.1, 0.15) is 28.9 Å². The first-order valence-electron chi connectivity index (χ1n) is 6.51. The van der Waals surface area contributed by atoms with Crippen molar-refractivity contribution in [2.45, 2.75) is 13.0 Å². The van der Waals surface area contributed by atoms with Crippen LogP contribution in [0, 0.1) is 0 Å². The number of halogens is 1. The van der Waals surface area contributed by atoms with Crippen molar-refractivity contribution in [1.82, 2.24) is 5.32 Å². The summed E-state index contributed by atoms with van der Waals surface area (Å²) in [5, 5.41) is 2.94. The topological polar surface area (TPSA) is 64.3 Å². The summed E-state index contributed by atoms with van der Waals surface area (Å²) in [5.41, 5.74) is 7.73. The van der Waals surface area contributed by atoms with Crippen LogP contribution < -0.4 is 15.8 Å². The average Bonchev–Trinajstić information content (AvgIpc) is 2.49. The molecule has 0 aliphatic rings. The Morgan fingerprint density at radius 1 is 1.29 bits per heavy atom. The largest absolute Gasteiger partial charge is 0.497 e. The predicted molar refractivity (Wildman–Crippen MR) is 87.4 cm³/mol. The summed E-state index contributed by atoms with van der Waals surface area (Å²) < 4.78 is 6.01. The lowest BCUT2D eigenvalue weighted by Crippen LogP contribution is -2.27. The maximum Gasteiger partial charge on any atom is 0.253 e. The molecule has 0 radical (unpaired) electrons. The fourth-order valence-electron chi connectivity index (χ4n) is 1.99. The van der Waals surface area contributed by atoms with Crippen LogP contribution in [0.2, 0.25) is 0 Å². The second kappa shape index (κ2) is 6.63. The summed E-state index contributed by atoms with van der Waals surface area (Å²) in [6, 6.07) is 12.7. The molecule has 110 valence electrons. The van der Waals surface area contributed by atoms with Crippen molar-refractivity contribution in [2.75, 3.05) is 12.8 Å². The highest BCUT2D eigenvalue weighted by molar-refractivity contribution is 9.10. The first kappa shape index (κ1) is 15.4. The van der Waals surface area contributed by atoms with Gasteiger partial charge < -0.3 is 15.8 Å². The molecule has 0 aromatic heterocycles. The van der Waals surface area contributed by atoms with Gasteiger partial charge in [0, 0.05) is 10.2 Å². The number of benzene rings is 2. The quantitative estimate of drug-likeness (QED) is 0.830. The van der Waals surface area contributed by atoms with E-state index in [0.29, 0.717) is 11.3 Å². The summed E-state index contributed by atoms with van der Waals surface area (Å²) in [5.74, 6) is 0.555. The maximum atomic E-state index is 12.3. The lowest BCUT2D eigenvalue weighted by molar-refractivity contribution is 0.0940. The zero-order valence-corrected chi connectivity index (χ0v) is 13.5. The third kappa shape index (κ3) is 3.76. The molecule has 4 nitrogen and oxygen atoms in total. The number of amides is 1. The van der Waals surface area contributed by atoms with Gasteiger partial charge in [-0.1, -0.05) is 28.1 Å². The van der Waals surface area contributed by atoms with Gasteiger partial charge in [0.2, 0.25) is 0 Å². The SMILES string of the molecule is COc1cccc(C(C)NC(=O)c2cc(Br)ccc2N)c1. The smallest absolute Gasteiger partial charge is 0.253 e. The van der Waals surface area contributed by atoms with Crippen molar-refractivity contribution in [3.8, 4) is 5.75 Å². The van der Waals surface area contributed by atoms with E-state index in [-0.39, 0.29) is 11.9 Å². The summed E-state index contributed by atoms with van der Waals surface area (Å²) in [6.07, 6.45) is 0. The van der Waals surface area contributed by atoms with Gasteiger partial charge in [0.05, 0.1) is 18.7 Å². The molecule has 21 heavy (non-hydrogen) atoms. The highest BCUT2D eigenvalue weighted by atomic mass is 79.9. The van der Waals surface area contributed by atoms with Crippen LogP contribution in [0.15, 0.2) is 46.9 Å². The molecule has 1 amide bonds. The van der Waals surface area contributed by atoms with Gasteiger partial charge in [0.25, 0.3) is 5.91 Å². The second-order valence-electron chi connectivity index (χ2n) is 4.70. The van der Waals surface area contributed by atoms with Crippen LogP contribution in [0.3, 0.4) is 0 Å². The van der Waals surface area contributed by atoms with E-state index in [4.69, 9.17) is 10.5 Å². The van der Waals surface area contributed by atoms with Gasteiger partial charge in [-0.05, 0) is 42.8 Å². The fraction of sp³-hybridized carbons (Fsp3) is 0.188. The highest BCUT2D eigenvalue weighted by Crippen LogP contribution is 2.21. The number of anilines is 1. The number of carbonyl (C=O) groups is 1. The Kier molecular flexibility index (Phi) is 4.85. The molecule has 1 atom stereocenters. The van der Waals surface area contributed by atoms with Crippen molar-refractivity contribution in [3.63, 3.8) is 0 Å². The number of carbonyl (C=O) groups excluding carboxylic acids is 1. The van der Waals surface area contributed by atoms with E-state index >= 15 is 0 Å². The second-order valence-corrected chi connectivity index (χ2v) is 5.62. The molecular weight excluding hydrogens is 332 g/mol. The third-order valence-corrected chi connectivity index (χ3v) is 3.69. The zero-order chi connectivity index (χ0) is 15.4. The molecule has 0 aliphatic heterocycles. The average molecular weight is 349 g/mol. The van der Waals surface area contributed by atoms with Crippen molar-refractivity contribution in [3.05, 3.63) is 58.1 Å². The molecule has 1 unspecified atom stereocenters. The molecule has 0 aliphatic carbocycles. The minimum atomic E-state index is -0.205. The molecule has 0 heterocycles. The van der Waals surface area contributed by atoms with Crippen LogP contribution in [0.5, 0.6) is 5.75 Å². The molecule has 0 bridgehead atoms. The number of hydrogen-bond donors (Lipinski definition) is 2. The van der Waals surface area contributed by atoms with E-state index in [1.165, 1.54) is 0 Å². The molecular formula is C16H17BrN2O2. The van der Waals surface area contributed by atoms with E-state index in [9.17, 15) is 4.79 Å². The molecule has 5 heteroatoms. The van der Waals surface area contributed by atoms with E-state index < -0.39 is 0 Å². The number of rotatable bonds is 4. The number of hydrogen-bond acceptors (Lipinski definition) is 3. The van der Waals surface area contributed by atoms with Crippen LogP contribution in [-0.2, 0) is 0 Å². The molecule has 2 rings (SSSR count). The predicted octanol–water partition coefficient (Wildman–Crippen LogP) is 3.53. The molecule has 2 aromatic carbocycles. The number of nitrogens with one attached hydrogen (secondary N) is 1. The van der Waals surface area contributed by atoms with Gasteiger partial charge in [-0.2, -0.15) is 0 Å². The first-order valence-corrected chi connectivity index (χ1v) is 7.30. The summed E-state index contributed by atoms with van der Waals surface area (Å²) in [4.78, 5) is 12.3. The number of ether oxygens (including phenoxy) is 1.